The number of carbonyl (C=O) groups is 1. The van der Waals surface area contributed by atoms with E-state index in [-0.39, 0.29) is 23.5 Å². The average molecular weight is 398 g/mol. The Morgan fingerprint density at radius 3 is 2.71 bits per heavy atom. The summed E-state index contributed by atoms with van der Waals surface area (Å²) in [5.41, 5.74) is 3.67. The second kappa shape index (κ2) is 9.20. The zero-order valence-electron chi connectivity index (χ0n) is 16.2. The van der Waals surface area contributed by atoms with E-state index in [2.05, 4.69) is 11.1 Å². The first-order valence-electron chi connectivity index (χ1n) is 9.64. The van der Waals surface area contributed by atoms with Crippen molar-refractivity contribution in [2.24, 2.45) is 0 Å². The van der Waals surface area contributed by atoms with Crippen LogP contribution in [0.15, 0.2) is 35.4 Å². The molecule has 0 saturated heterocycles. The maximum Gasteiger partial charge on any atom is 0.233 e. The number of thioether (sulfide) groups is 1. The summed E-state index contributed by atoms with van der Waals surface area (Å²) in [6, 6.07) is 10.3. The zero-order valence-corrected chi connectivity index (χ0v) is 17.1. The maximum atomic E-state index is 13.2. The number of hydrogen-bond acceptors (Lipinski definition) is 4. The Morgan fingerprint density at radius 2 is 2.04 bits per heavy atom. The number of pyridine rings is 1. The van der Waals surface area contributed by atoms with Crippen LogP contribution in [0, 0.1) is 17.1 Å². The molecular weight excluding hydrogens is 373 g/mol. The molecule has 0 fully saturated rings. The van der Waals surface area contributed by atoms with E-state index < -0.39 is 0 Å². The molecule has 2 aromatic rings. The summed E-state index contributed by atoms with van der Waals surface area (Å²) in [6.45, 7) is 4.43. The molecule has 0 N–H and O–H groups in total. The fraction of sp³-hybridized carbons (Fsp3) is 0.409. The van der Waals surface area contributed by atoms with Crippen molar-refractivity contribution in [1.82, 2.24) is 9.88 Å². The number of nitrogens with zero attached hydrogens (tertiary/aromatic N) is 3. The molecule has 28 heavy (non-hydrogen) atoms. The largest absolute Gasteiger partial charge is 0.335 e. The minimum Gasteiger partial charge on any atom is -0.335 e. The van der Waals surface area contributed by atoms with Gasteiger partial charge in [0.25, 0.3) is 0 Å². The zero-order chi connectivity index (χ0) is 20.1. The van der Waals surface area contributed by atoms with E-state index in [1.165, 1.54) is 29.5 Å². The van der Waals surface area contributed by atoms with Crippen molar-refractivity contribution in [1.29, 1.82) is 5.26 Å². The van der Waals surface area contributed by atoms with Crippen molar-refractivity contribution in [2.75, 3.05) is 12.3 Å². The number of halogens is 1. The molecule has 1 amide bonds. The summed E-state index contributed by atoms with van der Waals surface area (Å²) in [5.74, 6) is -0.0871. The molecule has 4 nitrogen and oxygen atoms in total. The molecule has 1 aliphatic carbocycles. The first-order valence-corrected chi connectivity index (χ1v) is 10.6. The molecule has 0 spiro atoms. The molecule has 0 aliphatic heterocycles. The predicted octanol–water partition coefficient (Wildman–Crippen LogP) is 4.67. The fourth-order valence-corrected chi connectivity index (χ4v) is 4.47. The van der Waals surface area contributed by atoms with Gasteiger partial charge in [0, 0.05) is 12.2 Å². The molecule has 1 unspecified atom stereocenters. The minimum absolute atomic E-state index is 0.0206. The molecule has 1 atom stereocenters. The van der Waals surface area contributed by atoms with Gasteiger partial charge in [-0.1, -0.05) is 23.9 Å². The predicted molar refractivity (Wildman–Crippen MR) is 109 cm³/mol. The van der Waals surface area contributed by atoms with E-state index in [1.54, 1.807) is 17.0 Å². The number of aryl methyl sites for hydroxylation is 2. The second-order valence-electron chi connectivity index (χ2n) is 6.96. The van der Waals surface area contributed by atoms with Gasteiger partial charge >= 0.3 is 0 Å². The van der Waals surface area contributed by atoms with Gasteiger partial charge in [-0.3, -0.25) is 4.79 Å². The number of amides is 1. The summed E-state index contributed by atoms with van der Waals surface area (Å²) in [5, 5.41) is 10.1. The number of carbonyl (C=O) groups excluding carboxylic acids is 1. The molecule has 1 heterocycles. The van der Waals surface area contributed by atoms with Crippen LogP contribution in [0.3, 0.4) is 0 Å². The third kappa shape index (κ3) is 4.53. The quantitative estimate of drug-likeness (QED) is 0.665. The van der Waals surface area contributed by atoms with Gasteiger partial charge in [0.1, 0.15) is 16.9 Å². The van der Waals surface area contributed by atoms with Crippen molar-refractivity contribution < 1.29 is 9.18 Å². The van der Waals surface area contributed by atoms with E-state index in [9.17, 15) is 14.4 Å². The van der Waals surface area contributed by atoms with Gasteiger partial charge in [0.15, 0.2) is 0 Å². The van der Waals surface area contributed by atoms with Crippen molar-refractivity contribution in [3.8, 4) is 6.07 Å². The topological polar surface area (TPSA) is 57.0 Å². The van der Waals surface area contributed by atoms with Crippen LogP contribution in [0.5, 0.6) is 0 Å². The number of fused-ring (bicyclic) bond motifs is 1. The Kier molecular flexibility index (Phi) is 6.69. The van der Waals surface area contributed by atoms with Gasteiger partial charge in [-0.25, -0.2) is 9.37 Å². The molecule has 3 rings (SSSR count). The van der Waals surface area contributed by atoms with Crippen molar-refractivity contribution in [3.05, 3.63) is 58.5 Å². The monoisotopic (exact) mass is 397 g/mol. The van der Waals surface area contributed by atoms with Gasteiger partial charge in [-0.2, -0.15) is 5.26 Å². The highest BCUT2D eigenvalue weighted by atomic mass is 32.2. The van der Waals surface area contributed by atoms with Crippen LogP contribution in [0.1, 0.15) is 55.1 Å². The average Bonchev–Trinajstić information content (AvgIpc) is 2.72. The Morgan fingerprint density at radius 1 is 1.32 bits per heavy atom. The molecule has 6 heteroatoms. The van der Waals surface area contributed by atoms with E-state index >= 15 is 0 Å². The van der Waals surface area contributed by atoms with Crippen LogP contribution >= 0.6 is 11.8 Å². The lowest BCUT2D eigenvalue weighted by Gasteiger charge is -2.28. The summed E-state index contributed by atoms with van der Waals surface area (Å²) in [6.07, 6.45) is 4.16. The van der Waals surface area contributed by atoms with Crippen LogP contribution in [0.2, 0.25) is 0 Å². The third-order valence-electron chi connectivity index (χ3n) is 5.20. The maximum absolute atomic E-state index is 13.2. The molecule has 146 valence electrons. The fourth-order valence-electron chi connectivity index (χ4n) is 3.61. The number of nitriles is 1. The number of hydrogen-bond donors (Lipinski definition) is 0. The molecule has 1 aromatic heterocycles. The van der Waals surface area contributed by atoms with Crippen LogP contribution in [-0.4, -0.2) is 28.1 Å². The summed E-state index contributed by atoms with van der Waals surface area (Å²) in [4.78, 5) is 19.3. The van der Waals surface area contributed by atoms with Gasteiger partial charge in [0.2, 0.25) is 5.91 Å². The Hall–Kier alpha value is -2.39. The molecular formula is C22H24FN3OS. The smallest absolute Gasteiger partial charge is 0.233 e. The van der Waals surface area contributed by atoms with E-state index in [4.69, 9.17) is 0 Å². The van der Waals surface area contributed by atoms with E-state index in [1.807, 2.05) is 19.9 Å². The number of aromatic nitrogens is 1. The van der Waals surface area contributed by atoms with Crippen LogP contribution < -0.4 is 0 Å². The standard InChI is InChI=1S/C22H24FN3OS/c1-3-26(15(2)16-8-10-19(23)11-9-16)21(27)14-28-22-18(13-24)12-17-6-4-5-7-20(17)25-22/h8-12,15H,3-7,14H2,1-2H3. The van der Waals surface area contributed by atoms with Gasteiger partial charge in [-0.05, 0) is 68.9 Å². The van der Waals surface area contributed by atoms with Crippen molar-refractivity contribution in [3.63, 3.8) is 0 Å². The molecule has 1 aliphatic rings. The van der Waals surface area contributed by atoms with Crippen molar-refractivity contribution >= 4 is 17.7 Å². The lowest BCUT2D eigenvalue weighted by atomic mass is 9.95. The first-order chi connectivity index (χ1) is 13.5. The van der Waals surface area contributed by atoms with Crippen LogP contribution in [0.25, 0.3) is 0 Å². The molecule has 1 aromatic carbocycles. The third-order valence-corrected chi connectivity index (χ3v) is 6.18. The van der Waals surface area contributed by atoms with Gasteiger partial charge < -0.3 is 4.90 Å². The Bertz CT molecular complexity index is 892. The lowest BCUT2D eigenvalue weighted by Crippen LogP contribution is -2.34. The molecule has 0 bridgehead atoms. The minimum atomic E-state index is -0.289. The van der Waals surface area contributed by atoms with Gasteiger partial charge in [-0.15, -0.1) is 0 Å². The highest BCUT2D eigenvalue weighted by Gasteiger charge is 2.22. The van der Waals surface area contributed by atoms with Crippen molar-refractivity contribution in [2.45, 2.75) is 50.6 Å². The van der Waals surface area contributed by atoms with Gasteiger partial charge in [0.05, 0.1) is 17.4 Å². The first kappa shape index (κ1) is 20.3. The number of rotatable bonds is 6. The Balaban J connectivity index is 1.71. The summed E-state index contributed by atoms with van der Waals surface area (Å²) < 4.78 is 13.2. The number of benzene rings is 1. The normalized spacial score (nSPS) is 14.1. The van der Waals surface area contributed by atoms with Crippen LogP contribution in [0.4, 0.5) is 4.39 Å². The Labute approximate surface area is 169 Å². The van der Waals surface area contributed by atoms with Crippen LogP contribution in [-0.2, 0) is 17.6 Å². The van der Waals surface area contributed by atoms with E-state index in [0.717, 1.165) is 36.9 Å². The molecule has 0 radical (unpaired) electrons. The lowest BCUT2D eigenvalue weighted by molar-refractivity contribution is -0.130. The molecule has 0 saturated carbocycles. The highest BCUT2D eigenvalue weighted by molar-refractivity contribution is 8.00. The SMILES string of the molecule is CCN(C(=O)CSc1nc2c(cc1C#N)CCCC2)C(C)c1ccc(F)cc1. The summed E-state index contributed by atoms with van der Waals surface area (Å²) in [7, 11) is 0. The highest BCUT2D eigenvalue weighted by Crippen LogP contribution is 2.28. The second-order valence-corrected chi connectivity index (χ2v) is 7.93. The summed E-state index contributed by atoms with van der Waals surface area (Å²) >= 11 is 1.33. The van der Waals surface area contributed by atoms with E-state index in [0.29, 0.717) is 17.1 Å².